The quantitative estimate of drug-likeness (QED) is 0.514. The molecule has 0 spiro atoms. The van der Waals surface area contributed by atoms with Gasteiger partial charge < -0.3 is 24.3 Å². The molecule has 9 heteroatoms. The number of methoxy groups -OCH3 is 3. The lowest BCUT2D eigenvalue weighted by atomic mass is 10.1. The number of hydrogen-bond acceptors (Lipinski definition) is 8. The fourth-order valence-electron chi connectivity index (χ4n) is 2.57. The van der Waals surface area contributed by atoms with Crippen LogP contribution in [0.25, 0.3) is 0 Å². The second-order valence-electron chi connectivity index (χ2n) is 5.98. The number of carbonyl (C=O) groups excluding carboxylic acids is 4. The molecular weight excluding hydrogens is 394 g/mol. The molecule has 0 radical (unpaired) electrons. The Balaban J connectivity index is 2.02. The molecule has 0 aliphatic heterocycles. The summed E-state index contributed by atoms with van der Waals surface area (Å²) in [7, 11) is 3.86. The van der Waals surface area contributed by atoms with Crippen molar-refractivity contribution in [2.75, 3.05) is 33.3 Å². The highest BCUT2D eigenvalue weighted by atomic mass is 16.5. The summed E-state index contributed by atoms with van der Waals surface area (Å²) in [6.07, 6.45) is -0.0678. The number of nitrogens with one attached hydrogen (secondary N) is 1. The Morgan fingerprint density at radius 2 is 1.47 bits per heavy atom. The Morgan fingerprint density at radius 1 is 0.867 bits per heavy atom. The van der Waals surface area contributed by atoms with Gasteiger partial charge in [-0.15, -0.1) is 0 Å². The summed E-state index contributed by atoms with van der Waals surface area (Å²) in [5.41, 5.74) is 0.857. The van der Waals surface area contributed by atoms with Crippen LogP contribution in [0.4, 0.5) is 5.69 Å². The summed E-state index contributed by atoms with van der Waals surface area (Å²) >= 11 is 0. The van der Waals surface area contributed by atoms with Crippen molar-refractivity contribution in [2.45, 2.75) is 6.42 Å². The standard InChI is InChI=1S/C21H21NO8/c1-27-17-7-5-4-6-13(17)11-19(24)30-12-18(23)22-16-9-14(20(25)28-2)8-15(10-16)21(26)29-3/h4-10H,11-12H2,1-3H3,(H,22,23). The van der Waals surface area contributed by atoms with E-state index in [0.717, 1.165) is 0 Å². The lowest BCUT2D eigenvalue weighted by molar-refractivity contribution is -0.146. The minimum absolute atomic E-state index is 0.0452. The third-order valence-electron chi connectivity index (χ3n) is 3.95. The Labute approximate surface area is 172 Å². The van der Waals surface area contributed by atoms with Crippen LogP contribution in [0.2, 0.25) is 0 Å². The van der Waals surface area contributed by atoms with E-state index in [0.29, 0.717) is 11.3 Å². The SMILES string of the molecule is COC(=O)c1cc(NC(=O)COC(=O)Cc2ccccc2OC)cc(C(=O)OC)c1. The van der Waals surface area contributed by atoms with Crippen molar-refractivity contribution < 1.29 is 38.1 Å². The van der Waals surface area contributed by atoms with Crippen molar-refractivity contribution in [3.05, 3.63) is 59.2 Å². The molecule has 2 rings (SSSR count). The molecule has 1 N–H and O–H groups in total. The Hall–Kier alpha value is -3.88. The third-order valence-corrected chi connectivity index (χ3v) is 3.95. The summed E-state index contributed by atoms with van der Waals surface area (Å²) in [6, 6.07) is 10.9. The van der Waals surface area contributed by atoms with E-state index in [4.69, 9.17) is 9.47 Å². The first-order valence-corrected chi connectivity index (χ1v) is 8.77. The van der Waals surface area contributed by atoms with E-state index >= 15 is 0 Å². The average Bonchev–Trinajstić information content (AvgIpc) is 2.76. The largest absolute Gasteiger partial charge is 0.496 e. The second-order valence-corrected chi connectivity index (χ2v) is 5.98. The summed E-state index contributed by atoms with van der Waals surface area (Å²) in [4.78, 5) is 47.7. The van der Waals surface area contributed by atoms with Gasteiger partial charge >= 0.3 is 17.9 Å². The summed E-state index contributed by atoms with van der Waals surface area (Å²) in [5.74, 6) is -2.12. The smallest absolute Gasteiger partial charge is 0.337 e. The predicted molar refractivity (Wildman–Crippen MR) is 105 cm³/mol. The lowest BCUT2D eigenvalue weighted by Gasteiger charge is -2.10. The Kier molecular flexibility index (Phi) is 7.92. The van der Waals surface area contributed by atoms with Crippen LogP contribution in [0.3, 0.4) is 0 Å². The number of esters is 3. The molecule has 30 heavy (non-hydrogen) atoms. The third kappa shape index (κ3) is 6.06. The molecule has 2 aromatic rings. The van der Waals surface area contributed by atoms with Crippen molar-refractivity contribution in [1.82, 2.24) is 0 Å². The molecule has 0 aliphatic rings. The summed E-state index contributed by atoms with van der Waals surface area (Å²) in [5, 5.41) is 2.47. The maximum Gasteiger partial charge on any atom is 0.337 e. The van der Waals surface area contributed by atoms with Gasteiger partial charge in [-0.25, -0.2) is 9.59 Å². The van der Waals surface area contributed by atoms with Crippen LogP contribution in [0, 0.1) is 0 Å². The number of benzene rings is 2. The summed E-state index contributed by atoms with van der Waals surface area (Å²) in [6.45, 7) is -0.552. The molecule has 158 valence electrons. The molecule has 0 saturated heterocycles. The Morgan fingerprint density at radius 3 is 2.03 bits per heavy atom. The molecule has 0 fully saturated rings. The van der Waals surface area contributed by atoms with Gasteiger partial charge in [0.1, 0.15) is 5.75 Å². The first-order valence-electron chi connectivity index (χ1n) is 8.77. The van der Waals surface area contributed by atoms with E-state index in [1.807, 2.05) is 0 Å². The molecule has 1 amide bonds. The van der Waals surface area contributed by atoms with E-state index in [9.17, 15) is 19.2 Å². The zero-order valence-electron chi connectivity index (χ0n) is 16.7. The van der Waals surface area contributed by atoms with Crippen molar-refractivity contribution in [1.29, 1.82) is 0 Å². The molecule has 9 nitrogen and oxygen atoms in total. The number of carbonyl (C=O) groups is 4. The molecule has 0 heterocycles. The molecule has 0 atom stereocenters. The van der Waals surface area contributed by atoms with E-state index in [1.54, 1.807) is 24.3 Å². The summed E-state index contributed by atoms with van der Waals surface area (Å²) < 4.78 is 19.4. The van der Waals surface area contributed by atoms with Gasteiger partial charge in [0.05, 0.1) is 38.9 Å². The topological polar surface area (TPSA) is 117 Å². The van der Waals surface area contributed by atoms with Gasteiger partial charge in [-0.05, 0) is 24.3 Å². The zero-order chi connectivity index (χ0) is 22.1. The fraction of sp³-hybridized carbons (Fsp3) is 0.238. The van der Waals surface area contributed by atoms with E-state index in [1.165, 1.54) is 39.5 Å². The van der Waals surface area contributed by atoms with Gasteiger partial charge in [0.15, 0.2) is 6.61 Å². The first-order chi connectivity index (χ1) is 14.4. The minimum atomic E-state index is -0.695. The monoisotopic (exact) mass is 415 g/mol. The Bertz CT molecular complexity index is 920. The zero-order valence-corrected chi connectivity index (χ0v) is 16.7. The van der Waals surface area contributed by atoms with Gasteiger partial charge in [-0.2, -0.15) is 0 Å². The van der Waals surface area contributed by atoms with Gasteiger partial charge in [0, 0.05) is 11.3 Å². The normalized spacial score (nSPS) is 9.97. The van der Waals surface area contributed by atoms with Crippen molar-refractivity contribution in [3.8, 4) is 5.75 Å². The molecule has 0 saturated carbocycles. The van der Waals surface area contributed by atoms with E-state index < -0.39 is 30.4 Å². The van der Waals surface area contributed by atoms with E-state index in [-0.39, 0.29) is 23.2 Å². The molecule has 0 unspecified atom stereocenters. The second kappa shape index (κ2) is 10.6. The minimum Gasteiger partial charge on any atom is -0.496 e. The van der Waals surface area contributed by atoms with Crippen LogP contribution in [0.5, 0.6) is 5.75 Å². The van der Waals surface area contributed by atoms with Gasteiger partial charge in [0.25, 0.3) is 5.91 Å². The average molecular weight is 415 g/mol. The molecular formula is C21H21NO8. The van der Waals surface area contributed by atoms with Gasteiger partial charge in [-0.3, -0.25) is 9.59 Å². The maximum atomic E-state index is 12.1. The molecule has 2 aromatic carbocycles. The number of hydrogen-bond donors (Lipinski definition) is 1. The number of amides is 1. The number of para-hydroxylation sites is 1. The molecule has 0 aliphatic carbocycles. The molecule has 0 aromatic heterocycles. The highest BCUT2D eigenvalue weighted by Crippen LogP contribution is 2.19. The van der Waals surface area contributed by atoms with Crippen molar-refractivity contribution >= 4 is 29.5 Å². The van der Waals surface area contributed by atoms with Crippen molar-refractivity contribution in [3.63, 3.8) is 0 Å². The number of rotatable bonds is 8. The van der Waals surface area contributed by atoms with Crippen LogP contribution >= 0.6 is 0 Å². The molecule has 0 bridgehead atoms. The highest BCUT2D eigenvalue weighted by molar-refractivity contribution is 6.00. The van der Waals surface area contributed by atoms with Crippen LogP contribution in [0.1, 0.15) is 26.3 Å². The van der Waals surface area contributed by atoms with Crippen molar-refractivity contribution in [2.24, 2.45) is 0 Å². The first kappa shape index (κ1) is 22.4. The van der Waals surface area contributed by atoms with Crippen LogP contribution in [-0.4, -0.2) is 51.8 Å². The van der Waals surface area contributed by atoms with Crippen LogP contribution in [0.15, 0.2) is 42.5 Å². The maximum absolute atomic E-state index is 12.1. The lowest BCUT2D eigenvalue weighted by Crippen LogP contribution is -2.22. The predicted octanol–water partition coefficient (Wildman–Crippen LogP) is 1.99. The fourth-order valence-corrected chi connectivity index (χ4v) is 2.57. The van der Waals surface area contributed by atoms with Gasteiger partial charge in [0.2, 0.25) is 0 Å². The highest BCUT2D eigenvalue weighted by Gasteiger charge is 2.16. The van der Waals surface area contributed by atoms with Crippen LogP contribution in [-0.2, 0) is 30.2 Å². The van der Waals surface area contributed by atoms with Crippen LogP contribution < -0.4 is 10.1 Å². The number of ether oxygens (including phenoxy) is 4. The van der Waals surface area contributed by atoms with E-state index in [2.05, 4.69) is 14.8 Å². The van der Waals surface area contributed by atoms with Gasteiger partial charge in [-0.1, -0.05) is 18.2 Å². The number of anilines is 1.